The Hall–Kier alpha value is -0.220. The molecule has 2 unspecified atom stereocenters. The van der Waals surface area contributed by atoms with Gasteiger partial charge in [-0.1, -0.05) is 0 Å². The molecule has 0 aromatic carbocycles. The quantitative estimate of drug-likeness (QED) is 0.732. The summed E-state index contributed by atoms with van der Waals surface area (Å²) in [5.41, 5.74) is 5.58. The fourth-order valence-electron chi connectivity index (χ4n) is 1.62. The molecule has 76 valence electrons. The molecule has 2 N–H and O–H groups in total. The van der Waals surface area contributed by atoms with Crippen LogP contribution in [-0.2, 0) is 4.79 Å². The van der Waals surface area contributed by atoms with E-state index < -0.39 is 0 Å². The van der Waals surface area contributed by atoms with Crippen molar-refractivity contribution in [2.24, 2.45) is 5.73 Å². The molecule has 0 radical (unpaired) electrons. The maximum atomic E-state index is 11.7. The van der Waals surface area contributed by atoms with Gasteiger partial charge in [0.05, 0.1) is 6.04 Å². The van der Waals surface area contributed by atoms with Crippen molar-refractivity contribution in [2.45, 2.75) is 32.4 Å². The Morgan fingerprint density at radius 1 is 1.77 bits per heavy atom. The number of carbonyl (C=O) groups is 1. The molecule has 1 amide bonds. The van der Waals surface area contributed by atoms with Gasteiger partial charge in [-0.05, 0) is 26.0 Å². The lowest BCUT2D eigenvalue weighted by Crippen LogP contribution is -2.47. The van der Waals surface area contributed by atoms with Crippen molar-refractivity contribution >= 4 is 17.7 Å². The van der Waals surface area contributed by atoms with E-state index in [-0.39, 0.29) is 11.9 Å². The van der Waals surface area contributed by atoms with E-state index in [9.17, 15) is 4.79 Å². The predicted octanol–water partition coefficient (Wildman–Crippen LogP) is 0.688. The van der Waals surface area contributed by atoms with Gasteiger partial charge in [-0.3, -0.25) is 4.79 Å². The Labute approximate surface area is 84.0 Å². The number of hydrogen-bond donors (Lipinski definition) is 1. The number of amides is 1. The first-order chi connectivity index (χ1) is 6.16. The minimum Gasteiger partial charge on any atom is -0.338 e. The monoisotopic (exact) mass is 202 g/mol. The van der Waals surface area contributed by atoms with Crippen LogP contribution >= 0.6 is 11.8 Å². The van der Waals surface area contributed by atoms with Gasteiger partial charge in [0.25, 0.3) is 0 Å². The first kappa shape index (κ1) is 10.9. The lowest BCUT2D eigenvalue weighted by Gasteiger charge is -2.28. The predicted molar refractivity (Wildman–Crippen MR) is 56.8 cm³/mol. The smallest absolute Gasteiger partial charge is 0.239 e. The summed E-state index contributed by atoms with van der Waals surface area (Å²) in [5.74, 6) is 2.34. The van der Waals surface area contributed by atoms with Gasteiger partial charge < -0.3 is 10.6 Å². The van der Waals surface area contributed by atoms with Gasteiger partial charge >= 0.3 is 0 Å². The fraction of sp³-hybridized carbons (Fsp3) is 0.889. The third-order valence-corrected chi connectivity index (χ3v) is 3.50. The van der Waals surface area contributed by atoms with Gasteiger partial charge in [0.15, 0.2) is 0 Å². The number of nitrogens with zero attached hydrogens (tertiary/aromatic N) is 1. The van der Waals surface area contributed by atoms with E-state index in [4.69, 9.17) is 5.73 Å². The number of thioether (sulfide) groups is 1. The Morgan fingerprint density at radius 3 is 2.85 bits per heavy atom. The Bertz CT molecular complexity index is 178. The second-order valence-corrected chi connectivity index (χ2v) is 4.58. The zero-order valence-electron chi connectivity index (χ0n) is 8.32. The number of hydrogen-bond acceptors (Lipinski definition) is 3. The van der Waals surface area contributed by atoms with Crippen molar-refractivity contribution in [1.82, 2.24) is 4.90 Å². The normalized spacial score (nSPS) is 24.4. The van der Waals surface area contributed by atoms with Gasteiger partial charge in [0.1, 0.15) is 0 Å². The van der Waals surface area contributed by atoms with Crippen LogP contribution in [-0.4, -0.2) is 40.9 Å². The summed E-state index contributed by atoms with van der Waals surface area (Å²) in [6.45, 7) is 4.56. The summed E-state index contributed by atoms with van der Waals surface area (Å²) in [5, 5.41) is 0. The summed E-state index contributed by atoms with van der Waals surface area (Å²) >= 11 is 1.92. The van der Waals surface area contributed by atoms with Crippen LogP contribution in [0.25, 0.3) is 0 Å². The first-order valence-corrected chi connectivity index (χ1v) is 5.96. The number of nitrogens with two attached hydrogens (primary N) is 1. The molecule has 0 saturated carbocycles. The largest absolute Gasteiger partial charge is 0.338 e. The molecule has 1 heterocycles. The highest BCUT2D eigenvalue weighted by Crippen LogP contribution is 2.22. The summed E-state index contributed by atoms with van der Waals surface area (Å²) in [6.07, 6.45) is 1.12. The molecule has 1 aliphatic heterocycles. The first-order valence-electron chi connectivity index (χ1n) is 4.80. The minimum absolute atomic E-state index is 0.0926. The molecule has 1 fully saturated rings. The summed E-state index contributed by atoms with van der Waals surface area (Å²) in [7, 11) is 0. The van der Waals surface area contributed by atoms with E-state index in [1.54, 1.807) is 6.92 Å². The summed E-state index contributed by atoms with van der Waals surface area (Å²) < 4.78 is 0. The number of likely N-dealkylation sites (N-methyl/N-ethyl adjacent to an activating group) is 1. The van der Waals surface area contributed by atoms with Gasteiger partial charge in [0, 0.05) is 18.3 Å². The lowest BCUT2D eigenvalue weighted by molar-refractivity contribution is -0.133. The zero-order chi connectivity index (χ0) is 9.84. The van der Waals surface area contributed by atoms with Crippen LogP contribution in [0.2, 0.25) is 0 Å². The van der Waals surface area contributed by atoms with Gasteiger partial charge in [-0.2, -0.15) is 11.8 Å². The molecule has 3 nitrogen and oxygen atoms in total. The molecule has 1 saturated heterocycles. The SMILES string of the molecule is CCN(C(=O)C(C)N)C1CCSC1. The molecule has 0 aromatic rings. The highest BCUT2D eigenvalue weighted by Gasteiger charge is 2.26. The Kier molecular flexibility index (Phi) is 4.06. The summed E-state index contributed by atoms with van der Waals surface area (Å²) in [4.78, 5) is 13.6. The van der Waals surface area contributed by atoms with Crippen molar-refractivity contribution < 1.29 is 4.79 Å². The molecule has 1 aliphatic rings. The van der Waals surface area contributed by atoms with Crippen molar-refractivity contribution in [3.8, 4) is 0 Å². The van der Waals surface area contributed by atoms with Crippen LogP contribution in [0.1, 0.15) is 20.3 Å². The van der Waals surface area contributed by atoms with Gasteiger partial charge in [0.2, 0.25) is 5.91 Å². The van der Waals surface area contributed by atoms with Crippen molar-refractivity contribution in [3.05, 3.63) is 0 Å². The number of carbonyl (C=O) groups excluding carboxylic acids is 1. The molecular weight excluding hydrogens is 184 g/mol. The maximum Gasteiger partial charge on any atom is 0.239 e. The maximum absolute atomic E-state index is 11.7. The highest BCUT2D eigenvalue weighted by atomic mass is 32.2. The second-order valence-electron chi connectivity index (χ2n) is 3.43. The minimum atomic E-state index is -0.356. The molecule has 2 atom stereocenters. The molecule has 0 aliphatic carbocycles. The van der Waals surface area contributed by atoms with Crippen LogP contribution in [0.15, 0.2) is 0 Å². The molecule has 0 spiro atoms. The molecule has 0 bridgehead atoms. The third kappa shape index (κ3) is 2.61. The van der Waals surface area contributed by atoms with E-state index in [0.717, 1.165) is 18.7 Å². The van der Waals surface area contributed by atoms with Crippen molar-refractivity contribution in [1.29, 1.82) is 0 Å². The van der Waals surface area contributed by atoms with Crippen LogP contribution in [0, 0.1) is 0 Å². The second kappa shape index (κ2) is 4.86. The summed E-state index contributed by atoms with van der Waals surface area (Å²) in [6, 6.07) is 0.0686. The van der Waals surface area contributed by atoms with Crippen LogP contribution < -0.4 is 5.73 Å². The van der Waals surface area contributed by atoms with E-state index in [1.807, 2.05) is 23.6 Å². The average Bonchev–Trinajstić information content (AvgIpc) is 2.58. The van der Waals surface area contributed by atoms with E-state index in [0.29, 0.717) is 6.04 Å². The Balaban J connectivity index is 2.55. The van der Waals surface area contributed by atoms with Gasteiger partial charge in [-0.15, -0.1) is 0 Å². The standard InChI is InChI=1S/C9H18N2OS/c1-3-11(9(12)7(2)10)8-4-5-13-6-8/h7-8H,3-6,10H2,1-2H3. The molecule has 4 heteroatoms. The Morgan fingerprint density at radius 2 is 2.46 bits per heavy atom. The third-order valence-electron chi connectivity index (χ3n) is 2.36. The number of rotatable bonds is 3. The molecule has 13 heavy (non-hydrogen) atoms. The molecular formula is C9H18N2OS. The average molecular weight is 202 g/mol. The zero-order valence-corrected chi connectivity index (χ0v) is 9.14. The van der Waals surface area contributed by atoms with E-state index >= 15 is 0 Å². The van der Waals surface area contributed by atoms with E-state index in [1.165, 1.54) is 5.75 Å². The van der Waals surface area contributed by atoms with Crippen molar-refractivity contribution in [2.75, 3.05) is 18.1 Å². The molecule has 1 rings (SSSR count). The fourth-order valence-corrected chi connectivity index (χ4v) is 2.85. The van der Waals surface area contributed by atoms with Crippen LogP contribution in [0.5, 0.6) is 0 Å². The molecule has 0 aromatic heterocycles. The van der Waals surface area contributed by atoms with Crippen LogP contribution in [0.4, 0.5) is 0 Å². The van der Waals surface area contributed by atoms with Gasteiger partial charge in [-0.25, -0.2) is 0 Å². The lowest BCUT2D eigenvalue weighted by atomic mass is 10.2. The highest BCUT2D eigenvalue weighted by molar-refractivity contribution is 7.99. The van der Waals surface area contributed by atoms with E-state index in [2.05, 4.69) is 0 Å². The van der Waals surface area contributed by atoms with Crippen LogP contribution in [0.3, 0.4) is 0 Å². The van der Waals surface area contributed by atoms with Crippen molar-refractivity contribution in [3.63, 3.8) is 0 Å². The topological polar surface area (TPSA) is 46.3 Å².